The van der Waals surface area contributed by atoms with Gasteiger partial charge in [0.25, 0.3) is 0 Å². The van der Waals surface area contributed by atoms with Gasteiger partial charge in [0, 0.05) is 0 Å². The van der Waals surface area contributed by atoms with Gasteiger partial charge in [0.15, 0.2) is 9.84 Å². The number of ether oxygens (including phenoxy) is 1. The molecule has 0 spiro atoms. The highest BCUT2D eigenvalue weighted by molar-refractivity contribution is 7.91. The van der Waals surface area contributed by atoms with Gasteiger partial charge in [-0.25, -0.2) is 8.42 Å². The molecule has 6 rings (SSSR count). The normalized spacial score (nSPS) is 43.2. The highest BCUT2D eigenvalue weighted by atomic mass is 32.2. The first-order valence-corrected chi connectivity index (χ1v) is 18.3. The number of carboxylic acids is 1. The van der Waals surface area contributed by atoms with Crippen LogP contribution in [-0.2, 0) is 19.4 Å². The third kappa shape index (κ3) is 5.21. The van der Waals surface area contributed by atoms with Gasteiger partial charge in [0.2, 0.25) is 0 Å². The standard InChI is InChI=1S/C36H52O5S/c1-22-6-10-27(11-7-22)42(39,40)21-23(2)8-13-31-24(3)34-32(41-31)20-30-28-12-9-26-18-25(19-33(37)38)14-16-35(26,4)29(28)15-17-36(30,34)5/h6-7,10-11,14,16,23-26,28-32,34H,8-9,12-13,15,17-21H2,1-5H3,(H,37,38)/t23?,24-,25?,26?,28-,29+,30+,31?,32+,34+,35+,36+/m1/s1. The zero-order valence-corrected chi connectivity index (χ0v) is 27.1. The van der Waals surface area contributed by atoms with E-state index in [0.717, 1.165) is 30.7 Å². The lowest BCUT2D eigenvalue weighted by atomic mass is 9.45. The van der Waals surface area contributed by atoms with Crippen molar-refractivity contribution in [3.05, 3.63) is 42.0 Å². The SMILES string of the molecule is Cc1ccc(S(=O)(=O)CC(C)CCC2O[C@H]3C[C@H]4[C@@H]5CCC6CC(CC(=O)O)C=C[C@]6(C)[C@H]5CC[C@]4(C)[C@H]3[C@@H]2C)cc1. The molecular formula is C36H52O5S. The molecule has 0 amide bonds. The molecule has 232 valence electrons. The van der Waals surface area contributed by atoms with Crippen LogP contribution < -0.4 is 0 Å². The average Bonchev–Trinajstić information content (AvgIpc) is 3.40. The monoisotopic (exact) mass is 596 g/mol. The lowest BCUT2D eigenvalue weighted by molar-refractivity contribution is -0.138. The van der Waals surface area contributed by atoms with Crippen molar-refractivity contribution in [3.8, 4) is 0 Å². The minimum Gasteiger partial charge on any atom is -0.481 e. The van der Waals surface area contributed by atoms with Crippen molar-refractivity contribution < 1.29 is 23.1 Å². The summed E-state index contributed by atoms with van der Waals surface area (Å²) in [5, 5.41) is 9.35. The van der Waals surface area contributed by atoms with E-state index in [-0.39, 0.29) is 35.5 Å². The van der Waals surface area contributed by atoms with Crippen molar-refractivity contribution in [3.63, 3.8) is 0 Å². The van der Waals surface area contributed by atoms with Crippen molar-refractivity contribution in [2.45, 2.75) is 110 Å². The number of allylic oxidation sites excluding steroid dienone is 2. The molecule has 0 aromatic heterocycles. The maximum Gasteiger partial charge on any atom is 0.303 e. The molecular weight excluding hydrogens is 544 g/mol. The number of aliphatic carboxylic acids is 1. The number of hydrogen-bond acceptors (Lipinski definition) is 4. The van der Waals surface area contributed by atoms with E-state index in [0.29, 0.717) is 46.0 Å². The molecule has 1 saturated heterocycles. The minimum atomic E-state index is -3.28. The van der Waals surface area contributed by atoms with Crippen LogP contribution in [0.5, 0.6) is 0 Å². The Labute approximate surface area is 253 Å². The Bertz CT molecular complexity index is 1300. The fraction of sp³-hybridized carbons (Fsp3) is 0.750. The summed E-state index contributed by atoms with van der Waals surface area (Å²) in [6, 6.07) is 7.23. The number of hydrogen-bond donors (Lipinski definition) is 1. The molecule has 0 bridgehead atoms. The quantitative estimate of drug-likeness (QED) is 0.311. The van der Waals surface area contributed by atoms with Crippen LogP contribution >= 0.6 is 0 Å². The van der Waals surface area contributed by atoms with Crippen molar-refractivity contribution in [2.75, 3.05) is 5.75 Å². The first-order chi connectivity index (χ1) is 19.8. The number of sulfone groups is 1. The second-order valence-corrected chi connectivity index (χ2v) is 17.7. The van der Waals surface area contributed by atoms with E-state index in [1.807, 2.05) is 19.1 Å². The molecule has 1 aliphatic heterocycles. The number of carbonyl (C=O) groups is 1. The Kier molecular flexibility index (Phi) is 7.99. The zero-order chi connectivity index (χ0) is 30.0. The molecule has 5 aliphatic rings. The van der Waals surface area contributed by atoms with E-state index in [9.17, 15) is 18.3 Å². The Hall–Kier alpha value is -1.66. The van der Waals surface area contributed by atoms with Gasteiger partial charge in [-0.3, -0.25) is 4.79 Å². The summed E-state index contributed by atoms with van der Waals surface area (Å²) in [7, 11) is -3.28. The van der Waals surface area contributed by atoms with Gasteiger partial charge in [-0.2, -0.15) is 0 Å². The smallest absolute Gasteiger partial charge is 0.303 e. The van der Waals surface area contributed by atoms with Crippen LogP contribution in [0, 0.1) is 65.1 Å². The second-order valence-electron chi connectivity index (χ2n) is 15.6. The molecule has 3 saturated carbocycles. The highest BCUT2D eigenvalue weighted by Gasteiger charge is 2.65. The summed E-state index contributed by atoms with van der Waals surface area (Å²) in [6.45, 7) is 11.5. The largest absolute Gasteiger partial charge is 0.481 e. The molecule has 1 heterocycles. The van der Waals surface area contributed by atoms with Crippen LogP contribution in [0.3, 0.4) is 0 Å². The Morgan fingerprint density at radius 3 is 2.55 bits per heavy atom. The second kappa shape index (κ2) is 11.1. The third-order valence-corrected chi connectivity index (χ3v) is 15.1. The summed E-state index contributed by atoms with van der Waals surface area (Å²) >= 11 is 0. The molecule has 4 aliphatic carbocycles. The molecule has 4 fully saturated rings. The van der Waals surface area contributed by atoms with Crippen LogP contribution in [0.15, 0.2) is 41.3 Å². The predicted molar refractivity (Wildman–Crippen MR) is 166 cm³/mol. The maximum absolute atomic E-state index is 13.0. The first-order valence-electron chi connectivity index (χ1n) is 16.7. The summed E-state index contributed by atoms with van der Waals surface area (Å²) < 4.78 is 32.9. The van der Waals surface area contributed by atoms with E-state index in [1.165, 1.54) is 32.1 Å². The highest BCUT2D eigenvalue weighted by Crippen LogP contribution is 2.69. The number of carboxylic acid groups (broad SMARTS) is 1. The number of aryl methyl sites for hydroxylation is 1. The molecule has 0 radical (unpaired) electrons. The van der Waals surface area contributed by atoms with Gasteiger partial charge < -0.3 is 9.84 Å². The molecule has 1 N–H and O–H groups in total. The van der Waals surface area contributed by atoms with Crippen LogP contribution in [-0.4, -0.2) is 37.5 Å². The van der Waals surface area contributed by atoms with Crippen LogP contribution in [0.2, 0.25) is 0 Å². The van der Waals surface area contributed by atoms with Crippen LogP contribution in [0.1, 0.15) is 91.0 Å². The fourth-order valence-electron chi connectivity index (χ4n) is 11.0. The summed E-state index contributed by atoms with van der Waals surface area (Å²) in [5.74, 6) is 3.63. The topological polar surface area (TPSA) is 80.7 Å². The maximum atomic E-state index is 13.0. The van der Waals surface area contributed by atoms with Crippen molar-refractivity contribution in [1.29, 1.82) is 0 Å². The van der Waals surface area contributed by atoms with Crippen molar-refractivity contribution in [2.24, 2.45) is 58.2 Å². The average molecular weight is 597 g/mol. The fourth-order valence-corrected chi connectivity index (χ4v) is 12.7. The van der Waals surface area contributed by atoms with Crippen molar-refractivity contribution in [1.82, 2.24) is 0 Å². The van der Waals surface area contributed by atoms with Gasteiger partial charge >= 0.3 is 5.97 Å². The lowest BCUT2D eigenvalue weighted by Gasteiger charge is -2.59. The molecule has 1 aromatic carbocycles. The number of benzene rings is 1. The Balaban J connectivity index is 1.09. The predicted octanol–water partition coefficient (Wildman–Crippen LogP) is 7.72. The minimum absolute atomic E-state index is 0.0980. The lowest BCUT2D eigenvalue weighted by Crippen LogP contribution is -2.52. The number of rotatable bonds is 8. The van der Waals surface area contributed by atoms with Crippen LogP contribution in [0.4, 0.5) is 0 Å². The van der Waals surface area contributed by atoms with Crippen LogP contribution in [0.25, 0.3) is 0 Å². The van der Waals surface area contributed by atoms with E-state index in [1.54, 1.807) is 12.1 Å². The molecule has 4 unspecified atom stereocenters. The van der Waals surface area contributed by atoms with Gasteiger partial charge in [-0.1, -0.05) is 57.5 Å². The summed E-state index contributed by atoms with van der Waals surface area (Å²) in [6.07, 6.45) is 14.6. The molecule has 5 nitrogen and oxygen atoms in total. The van der Waals surface area contributed by atoms with Gasteiger partial charge in [-0.15, -0.1) is 0 Å². The van der Waals surface area contributed by atoms with E-state index in [2.05, 4.69) is 39.8 Å². The summed E-state index contributed by atoms with van der Waals surface area (Å²) in [4.78, 5) is 11.8. The molecule has 6 heteroatoms. The molecule has 12 atom stereocenters. The van der Waals surface area contributed by atoms with Crippen molar-refractivity contribution >= 4 is 15.8 Å². The van der Waals surface area contributed by atoms with E-state index >= 15 is 0 Å². The Morgan fingerprint density at radius 1 is 1.10 bits per heavy atom. The summed E-state index contributed by atoms with van der Waals surface area (Å²) in [5.41, 5.74) is 1.58. The van der Waals surface area contributed by atoms with E-state index in [4.69, 9.17) is 4.74 Å². The molecule has 42 heavy (non-hydrogen) atoms. The first kappa shape index (κ1) is 30.4. The van der Waals surface area contributed by atoms with E-state index < -0.39 is 15.8 Å². The zero-order valence-electron chi connectivity index (χ0n) is 26.3. The van der Waals surface area contributed by atoms with Gasteiger partial charge in [-0.05, 0) is 129 Å². The van der Waals surface area contributed by atoms with Gasteiger partial charge in [0.05, 0.1) is 29.3 Å². The Morgan fingerprint density at radius 2 is 1.83 bits per heavy atom. The number of fused-ring (bicyclic) bond motifs is 7. The third-order valence-electron chi connectivity index (χ3n) is 13.1. The molecule has 1 aromatic rings. The van der Waals surface area contributed by atoms with Gasteiger partial charge in [0.1, 0.15) is 0 Å².